The highest BCUT2D eigenvalue weighted by Crippen LogP contribution is 2.43. The molecule has 0 aliphatic carbocycles. The summed E-state index contributed by atoms with van der Waals surface area (Å²) in [5.41, 5.74) is 2.00. The number of fused-ring (bicyclic) bond motifs is 2. The SMILES string of the molecule is CCOc1ccc([C@H]2c3c(oc4ccc(C)cc4c3=O)C(=O)N2c2nnc(C)s2)cc1OC. The molecule has 0 saturated heterocycles. The van der Waals surface area contributed by atoms with Gasteiger partial charge in [-0.3, -0.25) is 14.5 Å². The number of methoxy groups -OCH3 is 1. The van der Waals surface area contributed by atoms with Crippen molar-refractivity contribution in [3.8, 4) is 11.5 Å². The number of aryl methyl sites for hydroxylation is 2. The van der Waals surface area contributed by atoms with Crippen LogP contribution in [0, 0.1) is 13.8 Å². The van der Waals surface area contributed by atoms with Gasteiger partial charge in [0.15, 0.2) is 16.9 Å². The van der Waals surface area contributed by atoms with Gasteiger partial charge in [0.2, 0.25) is 10.9 Å². The van der Waals surface area contributed by atoms with Crippen molar-refractivity contribution in [2.24, 2.45) is 0 Å². The number of hydrogen-bond acceptors (Lipinski definition) is 8. The van der Waals surface area contributed by atoms with Gasteiger partial charge in [-0.05, 0) is 50.6 Å². The van der Waals surface area contributed by atoms with Crippen LogP contribution in [-0.2, 0) is 0 Å². The normalized spacial score (nSPS) is 15.2. The summed E-state index contributed by atoms with van der Waals surface area (Å²) in [5, 5.41) is 9.78. The van der Waals surface area contributed by atoms with Gasteiger partial charge in [-0.25, -0.2) is 0 Å². The zero-order valence-corrected chi connectivity index (χ0v) is 19.4. The smallest absolute Gasteiger partial charge is 0.297 e. The number of ether oxygens (including phenoxy) is 2. The molecule has 2 aromatic carbocycles. The molecule has 0 spiro atoms. The second-order valence-corrected chi connectivity index (χ2v) is 8.86. The van der Waals surface area contributed by atoms with Crippen molar-refractivity contribution in [1.82, 2.24) is 10.2 Å². The lowest BCUT2D eigenvalue weighted by atomic mass is 9.98. The summed E-state index contributed by atoms with van der Waals surface area (Å²) in [6.45, 7) is 6.08. The predicted molar refractivity (Wildman–Crippen MR) is 125 cm³/mol. The summed E-state index contributed by atoms with van der Waals surface area (Å²) < 4.78 is 17.1. The summed E-state index contributed by atoms with van der Waals surface area (Å²) >= 11 is 1.27. The first kappa shape index (κ1) is 21.1. The fourth-order valence-electron chi connectivity index (χ4n) is 4.11. The number of amides is 1. The zero-order chi connectivity index (χ0) is 23.3. The first-order chi connectivity index (χ1) is 15.9. The maximum atomic E-state index is 13.7. The third-order valence-corrected chi connectivity index (χ3v) is 6.39. The highest BCUT2D eigenvalue weighted by molar-refractivity contribution is 7.15. The average Bonchev–Trinajstić information content (AvgIpc) is 3.36. The molecule has 3 heterocycles. The highest BCUT2D eigenvalue weighted by atomic mass is 32.1. The molecule has 0 saturated carbocycles. The van der Waals surface area contributed by atoms with Crippen molar-refractivity contribution in [3.63, 3.8) is 0 Å². The zero-order valence-electron chi connectivity index (χ0n) is 18.5. The second kappa shape index (κ2) is 8.00. The van der Waals surface area contributed by atoms with Gasteiger partial charge in [0.1, 0.15) is 10.6 Å². The molecule has 9 heteroatoms. The van der Waals surface area contributed by atoms with Crippen LogP contribution in [0.1, 0.15) is 45.2 Å². The van der Waals surface area contributed by atoms with Crippen LogP contribution < -0.4 is 19.8 Å². The van der Waals surface area contributed by atoms with Crippen LogP contribution in [0.3, 0.4) is 0 Å². The van der Waals surface area contributed by atoms with Gasteiger partial charge in [0.05, 0.1) is 30.7 Å². The molecular formula is C24H21N3O5S. The quantitative estimate of drug-likeness (QED) is 0.432. The van der Waals surface area contributed by atoms with Crippen LogP contribution in [0.25, 0.3) is 11.0 Å². The first-order valence-corrected chi connectivity index (χ1v) is 11.3. The van der Waals surface area contributed by atoms with E-state index in [0.29, 0.717) is 44.8 Å². The van der Waals surface area contributed by atoms with E-state index in [-0.39, 0.29) is 16.8 Å². The van der Waals surface area contributed by atoms with E-state index in [0.717, 1.165) is 5.56 Å². The average molecular weight is 464 g/mol. The van der Waals surface area contributed by atoms with Crippen LogP contribution in [0.15, 0.2) is 45.6 Å². The molecule has 8 nitrogen and oxygen atoms in total. The third-order valence-electron chi connectivity index (χ3n) is 5.55. The monoisotopic (exact) mass is 463 g/mol. The fraction of sp³-hybridized carbons (Fsp3) is 0.250. The van der Waals surface area contributed by atoms with Crippen molar-refractivity contribution in [3.05, 3.63) is 74.1 Å². The van der Waals surface area contributed by atoms with Crippen molar-refractivity contribution < 1.29 is 18.7 Å². The number of carbonyl (C=O) groups is 1. The molecule has 168 valence electrons. The number of anilines is 1. The number of carbonyl (C=O) groups excluding carboxylic acids is 1. The molecule has 1 amide bonds. The van der Waals surface area contributed by atoms with E-state index in [1.807, 2.05) is 32.9 Å². The molecule has 5 rings (SSSR count). The minimum atomic E-state index is -0.745. The van der Waals surface area contributed by atoms with Crippen LogP contribution >= 0.6 is 11.3 Å². The number of nitrogens with zero attached hydrogens (tertiary/aromatic N) is 3. The van der Waals surface area contributed by atoms with E-state index in [9.17, 15) is 9.59 Å². The van der Waals surface area contributed by atoms with E-state index in [4.69, 9.17) is 13.9 Å². The molecule has 0 radical (unpaired) electrons. The Morgan fingerprint density at radius 2 is 1.91 bits per heavy atom. The molecule has 0 bridgehead atoms. The Bertz CT molecular complexity index is 1460. The third kappa shape index (κ3) is 3.36. The van der Waals surface area contributed by atoms with Gasteiger partial charge >= 0.3 is 0 Å². The van der Waals surface area contributed by atoms with Crippen LogP contribution in [0.2, 0.25) is 0 Å². The molecule has 2 aromatic heterocycles. The van der Waals surface area contributed by atoms with Gasteiger partial charge in [-0.15, -0.1) is 10.2 Å². The van der Waals surface area contributed by atoms with Gasteiger partial charge in [-0.1, -0.05) is 29.0 Å². The largest absolute Gasteiger partial charge is 0.493 e. The lowest BCUT2D eigenvalue weighted by molar-refractivity contribution is 0.0970. The fourth-order valence-corrected chi connectivity index (χ4v) is 4.83. The van der Waals surface area contributed by atoms with Crippen molar-refractivity contribution in [1.29, 1.82) is 0 Å². The van der Waals surface area contributed by atoms with Gasteiger partial charge in [-0.2, -0.15) is 0 Å². The molecule has 33 heavy (non-hydrogen) atoms. The lowest BCUT2D eigenvalue weighted by Gasteiger charge is -2.23. The van der Waals surface area contributed by atoms with E-state index < -0.39 is 11.9 Å². The van der Waals surface area contributed by atoms with Crippen LogP contribution in [-0.4, -0.2) is 29.8 Å². The Hall–Kier alpha value is -3.72. The topological polar surface area (TPSA) is 94.8 Å². The van der Waals surface area contributed by atoms with Crippen molar-refractivity contribution >= 4 is 33.3 Å². The Balaban J connectivity index is 1.79. The van der Waals surface area contributed by atoms with E-state index in [2.05, 4.69) is 10.2 Å². The van der Waals surface area contributed by atoms with Crippen molar-refractivity contribution in [2.45, 2.75) is 26.8 Å². The molecule has 1 aliphatic rings. The molecule has 0 N–H and O–H groups in total. The van der Waals surface area contributed by atoms with Gasteiger partial charge < -0.3 is 13.9 Å². The van der Waals surface area contributed by atoms with Crippen LogP contribution in [0.5, 0.6) is 11.5 Å². The lowest BCUT2D eigenvalue weighted by Crippen LogP contribution is -2.29. The molecule has 1 atom stereocenters. The Labute approximate surface area is 193 Å². The first-order valence-electron chi connectivity index (χ1n) is 10.4. The highest BCUT2D eigenvalue weighted by Gasteiger charge is 2.45. The molecule has 4 aromatic rings. The summed E-state index contributed by atoms with van der Waals surface area (Å²) in [7, 11) is 1.55. The Morgan fingerprint density at radius 1 is 1.09 bits per heavy atom. The molecule has 0 unspecified atom stereocenters. The van der Waals surface area contributed by atoms with Crippen LogP contribution in [0.4, 0.5) is 5.13 Å². The summed E-state index contributed by atoms with van der Waals surface area (Å²) in [6, 6.07) is 9.96. The van der Waals surface area contributed by atoms with E-state index in [1.54, 1.807) is 31.4 Å². The molecule has 0 fully saturated rings. The maximum absolute atomic E-state index is 13.7. The predicted octanol–water partition coefficient (Wildman–Crippen LogP) is 4.42. The van der Waals surface area contributed by atoms with Gasteiger partial charge in [0, 0.05) is 0 Å². The molecular weight excluding hydrogens is 442 g/mol. The summed E-state index contributed by atoms with van der Waals surface area (Å²) in [6.07, 6.45) is 0. The number of rotatable bonds is 5. The minimum absolute atomic E-state index is 0.0158. The van der Waals surface area contributed by atoms with E-state index >= 15 is 0 Å². The Kier molecular flexibility index (Phi) is 5.13. The number of aromatic nitrogens is 2. The minimum Gasteiger partial charge on any atom is -0.493 e. The summed E-state index contributed by atoms with van der Waals surface area (Å²) in [5.74, 6) is 0.665. The standard InChI is InChI=1S/C24H21N3O5S/c1-5-31-17-9-7-14(11-18(17)30-4)20-19-21(28)15-10-12(2)6-8-16(15)32-22(19)23(29)27(20)24-26-25-13(3)33-24/h6-11,20H,5H2,1-4H3/t20-/m0/s1. The van der Waals surface area contributed by atoms with Crippen molar-refractivity contribution in [2.75, 3.05) is 18.6 Å². The van der Waals surface area contributed by atoms with Gasteiger partial charge in [0.25, 0.3) is 5.91 Å². The molecule has 1 aliphatic heterocycles. The van der Waals surface area contributed by atoms with E-state index in [1.165, 1.54) is 16.2 Å². The summed E-state index contributed by atoms with van der Waals surface area (Å²) in [4.78, 5) is 28.7. The maximum Gasteiger partial charge on any atom is 0.297 e. The Morgan fingerprint density at radius 3 is 2.61 bits per heavy atom. The number of benzene rings is 2. The second-order valence-electron chi connectivity index (χ2n) is 7.70. The number of hydrogen-bond donors (Lipinski definition) is 0.